The maximum absolute atomic E-state index is 13.8. The zero-order chi connectivity index (χ0) is 15.9. The molecule has 1 aromatic carbocycles. The number of alkyl halides is 2. The molecule has 0 unspecified atom stereocenters. The Balaban J connectivity index is 2.74. The van der Waals surface area contributed by atoms with Crippen molar-refractivity contribution in [3.8, 4) is 5.69 Å². The quantitative estimate of drug-likeness (QED) is 0.642. The maximum atomic E-state index is 13.8. The summed E-state index contributed by atoms with van der Waals surface area (Å²) in [5, 5.41) is 13.7. The molecule has 0 N–H and O–H groups in total. The average molecular weight is 323 g/mol. The van der Waals surface area contributed by atoms with Crippen LogP contribution in [0.5, 0.6) is 0 Å². The van der Waals surface area contributed by atoms with Gasteiger partial charge in [-0.3, -0.25) is 10.1 Å². The number of hydrogen-bond acceptors (Lipinski definition) is 4. The average Bonchev–Trinajstić information content (AvgIpc) is 2.64. The SMILES string of the molecule is Cc1nn(-c2cc([N+](=O)[O-])c(Cl)cc2F)c(=O)n1C(F)F. The standard InChI is InChI=1S/C10H6ClF3N4O3/c1-4-15-17(10(19)16(4)9(13)14)8-3-7(18(20)21)5(11)2-6(8)12/h2-3,9H,1H3. The normalized spacial score (nSPS) is 11.1. The molecular formula is C10H6ClF3N4O3. The Hall–Kier alpha value is -2.36. The van der Waals surface area contributed by atoms with Gasteiger partial charge in [-0.25, -0.2) is 13.8 Å². The largest absolute Gasteiger partial charge is 0.355 e. The van der Waals surface area contributed by atoms with Gasteiger partial charge in [-0.15, -0.1) is 5.10 Å². The van der Waals surface area contributed by atoms with Crippen LogP contribution in [0.3, 0.4) is 0 Å². The van der Waals surface area contributed by atoms with Gasteiger partial charge < -0.3 is 0 Å². The molecule has 0 spiro atoms. The second-order valence-electron chi connectivity index (χ2n) is 3.90. The first kappa shape index (κ1) is 15.0. The van der Waals surface area contributed by atoms with Crippen LogP contribution in [0.1, 0.15) is 12.4 Å². The topological polar surface area (TPSA) is 83.0 Å². The Morgan fingerprint density at radius 2 is 2.05 bits per heavy atom. The van der Waals surface area contributed by atoms with Crippen molar-refractivity contribution in [1.82, 2.24) is 14.3 Å². The molecule has 0 fully saturated rings. The lowest BCUT2D eigenvalue weighted by atomic mass is 10.2. The first-order chi connectivity index (χ1) is 9.73. The van der Waals surface area contributed by atoms with Crippen molar-refractivity contribution in [3.63, 3.8) is 0 Å². The van der Waals surface area contributed by atoms with Gasteiger partial charge in [0.25, 0.3) is 5.69 Å². The number of rotatable bonds is 3. The number of aryl methyl sites for hydroxylation is 1. The number of nitro benzene ring substituents is 1. The molecule has 0 aliphatic carbocycles. The molecule has 2 rings (SSSR count). The summed E-state index contributed by atoms with van der Waals surface area (Å²) in [4.78, 5) is 21.6. The molecule has 0 amide bonds. The van der Waals surface area contributed by atoms with Crippen molar-refractivity contribution in [2.45, 2.75) is 13.5 Å². The van der Waals surface area contributed by atoms with E-state index < -0.39 is 39.4 Å². The van der Waals surface area contributed by atoms with Crippen LogP contribution in [0.4, 0.5) is 18.9 Å². The number of hydrogen-bond donors (Lipinski definition) is 0. The van der Waals surface area contributed by atoms with Crippen LogP contribution in [0.25, 0.3) is 5.69 Å². The molecule has 11 heteroatoms. The summed E-state index contributed by atoms with van der Waals surface area (Å²) < 4.78 is 39.5. The molecule has 0 aliphatic heterocycles. The van der Waals surface area contributed by atoms with Gasteiger partial charge in [0, 0.05) is 12.1 Å². The Morgan fingerprint density at radius 1 is 1.43 bits per heavy atom. The van der Waals surface area contributed by atoms with Crippen LogP contribution in [0.15, 0.2) is 16.9 Å². The zero-order valence-electron chi connectivity index (χ0n) is 10.3. The van der Waals surface area contributed by atoms with Gasteiger partial charge in [-0.2, -0.15) is 13.5 Å². The van der Waals surface area contributed by atoms with Gasteiger partial charge in [-0.05, 0) is 6.92 Å². The molecule has 0 atom stereocenters. The first-order valence-corrected chi connectivity index (χ1v) is 5.72. The number of aromatic nitrogens is 3. The monoisotopic (exact) mass is 322 g/mol. The molecule has 0 bridgehead atoms. The van der Waals surface area contributed by atoms with E-state index in [2.05, 4.69) is 5.10 Å². The highest BCUT2D eigenvalue weighted by Gasteiger charge is 2.23. The Labute approximate surface area is 119 Å². The third-order valence-corrected chi connectivity index (χ3v) is 2.92. The Kier molecular flexibility index (Phi) is 3.73. The van der Waals surface area contributed by atoms with Crippen LogP contribution < -0.4 is 5.69 Å². The molecule has 2 aromatic rings. The van der Waals surface area contributed by atoms with E-state index in [-0.39, 0.29) is 10.4 Å². The minimum absolute atomic E-state index is 0.0277. The molecule has 1 aromatic heterocycles. The van der Waals surface area contributed by atoms with E-state index in [4.69, 9.17) is 11.6 Å². The van der Waals surface area contributed by atoms with Gasteiger partial charge in [-0.1, -0.05) is 11.6 Å². The van der Waals surface area contributed by atoms with E-state index in [0.717, 1.165) is 6.92 Å². The van der Waals surface area contributed by atoms with E-state index >= 15 is 0 Å². The number of benzene rings is 1. The van der Waals surface area contributed by atoms with E-state index in [1.807, 2.05) is 0 Å². The lowest BCUT2D eigenvalue weighted by molar-refractivity contribution is -0.384. The summed E-state index contributed by atoms with van der Waals surface area (Å²) in [6, 6.07) is 1.26. The van der Waals surface area contributed by atoms with Crippen LogP contribution in [-0.4, -0.2) is 19.3 Å². The zero-order valence-corrected chi connectivity index (χ0v) is 11.0. The Morgan fingerprint density at radius 3 is 2.52 bits per heavy atom. The summed E-state index contributed by atoms with van der Waals surface area (Å²) in [6.07, 6.45) is 0. The third kappa shape index (κ3) is 2.49. The van der Waals surface area contributed by atoms with E-state index in [0.29, 0.717) is 16.8 Å². The third-order valence-electron chi connectivity index (χ3n) is 2.62. The predicted octanol–water partition coefficient (Wildman–Crippen LogP) is 2.44. The van der Waals surface area contributed by atoms with E-state index in [1.54, 1.807) is 0 Å². The molecule has 0 saturated heterocycles. The van der Waals surface area contributed by atoms with Crippen molar-refractivity contribution in [2.24, 2.45) is 0 Å². The maximum Gasteiger partial charge on any atom is 0.355 e. The van der Waals surface area contributed by atoms with Crippen LogP contribution >= 0.6 is 11.6 Å². The minimum atomic E-state index is -3.17. The lowest BCUT2D eigenvalue weighted by Gasteiger charge is -2.03. The van der Waals surface area contributed by atoms with Gasteiger partial charge >= 0.3 is 12.2 Å². The van der Waals surface area contributed by atoms with Crippen LogP contribution in [0, 0.1) is 22.9 Å². The molecular weight excluding hydrogens is 317 g/mol. The van der Waals surface area contributed by atoms with E-state index in [9.17, 15) is 28.1 Å². The van der Waals surface area contributed by atoms with Gasteiger partial charge in [0.1, 0.15) is 16.5 Å². The summed E-state index contributed by atoms with van der Waals surface area (Å²) in [5.41, 5.74) is -2.64. The predicted molar refractivity (Wildman–Crippen MR) is 65.4 cm³/mol. The van der Waals surface area contributed by atoms with Crippen LogP contribution in [0.2, 0.25) is 5.02 Å². The van der Waals surface area contributed by atoms with Crippen molar-refractivity contribution in [2.75, 3.05) is 0 Å². The fraction of sp³-hybridized carbons (Fsp3) is 0.200. The molecule has 7 nitrogen and oxygen atoms in total. The van der Waals surface area contributed by atoms with Gasteiger partial charge in [0.05, 0.1) is 4.92 Å². The van der Waals surface area contributed by atoms with Crippen molar-refractivity contribution in [1.29, 1.82) is 0 Å². The van der Waals surface area contributed by atoms with Crippen molar-refractivity contribution < 1.29 is 18.1 Å². The fourth-order valence-electron chi connectivity index (χ4n) is 1.69. The van der Waals surface area contributed by atoms with Gasteiger partial charge in [0.15, 0.2) is 5.82 Å². The molecule has 0 radical (unpaired) electrons. The summed E-state index contributed by atoms with van der Waals surface area (Å²) in [6.45, 7) is -2.05. The fourth-order valence-corrected chi connectivity index (χ4v) is 1.91. The number of halogens is 4. The highest BCUT2D eigenvalue weighted by molar-refractivity contribution is 6.32. The number of nitrogens with zero attached hydrogens (tertiary/aromatic N) is 4. The highest BCUT2D eigenvalue weighted by atomic mass is 35.5. The van der Waals surface area contributed by atoms with Crippen molar-refractivity contribution >= 4 is 17.3 Å². The first-order valence-electron chi connectivity index (χ1n) is 5.34. The summed E-state index contributed by atoms with van der Waals surface area (Å²) in [5.74, 6) is -1.47. The second-order valence-corrected chi connectivity index (χ2v) is 4.31. The van der Waals surface area contributed by atoms with Crippen LogP contribution in [-0.2, 0) is 0 Å². The van der Waals surface area contributed by atoms with Gasteiger partial charge in [0.2, 0.25) is 0 Å². The molecule has 1 heterocycles. The summed E-state index contributed by atoms with van der Waals surface area (Å²) in [7, 11) is 0. The molecule has 112 valence electrons. The lowest BCUT2D eigenvalue weighted by Crippen LogP contribution is -2.25. The molecule has 0 saturated carbocycles. The van der Waals surface area contributed by atoms with Crippen molar-refractivity contribution in [3.05, 3.63) is 49.4 Å². The number of nitro groups is 1. The molecule has 0 aliphatic rings. The second kappa shape index (κ2) is 5.20. The Bertz CT molecular complexity index is 787. The minimum Gasteiger partial charge on any atom is -0.258 e. The smallest absolute Gasteiger partial charge is 0.258 e. The summed E-state index contributed by atoms with van der Waals surface area (Å²) >= 11 is 5.50. The van der Waals surface area contributed by atoms with E-state index in [1.165, 1.54) is 0 Å². The highest BCUT2D eigenvalue weighted by Crippen LogP contribution is 2.28. The molecule has 21 heavy (non-hydrogen) atoms.